The van der Waals surface area contributed by atoms with E-state index in [1.54, 1.807) is 13.1 Å². The molecular formula is C14H14F3NS. The molecule has 0 aliphatic carbocycles. The van der Waals surface area contributed by atoms with Crippen LogP contribution in [-0.2, 0) is 6.18 Å². The molecule has 0 spiro atoms. The molecule has 0 bridgehead atoms. The maximum absolute atomic E-state index is 13.1. The van der Waals surface area contributed by atoms with Gasteiger partial charge in [-0.3, -0.25) is 0 Å². The Bertz CT molecular complexity index is 560. The van der Waals surface area contributed by atoms with Crippen LogP contribution >= 0.6 is 11.3 Å². The van der Waals surface area contributed by atoms with Gasteiger partial charge in [-0.15, -0.1) is 11.3 Å². The van der Waals surface area contributed by atoms with Gasteiger partial charge in [0.15, 0.2) is 0 Å². The lowest BCUT2D eigenvalue weighted by molar-refractivity contribution is -0.138. The average molecular weight is 285 g/mol. The molecule has 1 heterocycles. The highest BCUT2D eigenvalue weighted by atomic mass is 32.1. The molecule has 2 aromatic rings. The predicted octanol–water partition coefficient (Wildman–Crippen LogP) is 4.38. The number of halogens is 3. The quantitative estimate of drug-likeness (QED) is 0.882. The Balaban J connectivity index is 2.54. The second kappa shape index (κ2) is 5.35. The fourth-order valence-corrected chi connectivity index (χ4v) is 2.92. The van der Waals surface area contributed by atoms with Crippen molar-refractivity contribution < 1.29 is 13.2 Å². The van der Waals surface area contributed by atoms with Crippen LogP contribution in [0.3, 0.4) is 0 Å². The van der Waals surface area contributed by atoms with Crippen molar-refractivity contribution in [3.8, 4) is 0 Å². The van der Waals surface area contributed by atoms with Gasteiger partial charge >= 0.3 is 6.18 Å². The lowest BCUT2D eigenvalue weighted by atomic mass is 9.94. The Kier molecular flexibility index (Phi) is 3.96. The Hall–Kier alpha value is -1.33. The Morgan fingerprint density at radius 1 is 1.11 bits per heavy atom. The van der Waals surface area contributed by atoms with Crippen molar-refractivity contribution in [2.75, 3.05) is 7.05 Å². The van der Waals surface area contributed by atoms with E-state index in [1.165, 1.54) is 23.5 Å². The zero-order valence-electron chi connectivity index (χ0n) is 10.6. The summed E-state index contributed by atoms with van der Waals surface area (Å²) >= 11 is 1.53. The van der Waals surface area contributed by atoms with Crippen LogP contribution in [0.4, 0.5) is 13.2 Å². The number of thiophene rings is 1. The molecule has 0 aliphatic rings. The van der Waals surface area contributed by atoms with Gasteiger partial charge < -0.3 is 5.32 Å². The Morgan fingerprint density at radius 3 is 2.32 bits per heavy atom. The molecule has 0 fully saturated rings. The summed E-state index contributed by atoms with van der Waals surface area (Å²) in [6.45, 7) is 1.92. The normalized spacial score (nSPS) is 13.5. The lowest BCUT2D eigenvalue weighted by Crippen LogP contribution is -2.22. The van der Waals surface area contributed by atoms with Crippen LogP contribution in [0.15, 0.2) is 35.7 Å². The first kappa shape index (κ1) is 14.1. The summed E-state index contributed by atoms with van der Waals surface area (Å²) in [6.07, 6.45) is -4.34. The smallest absolute Gasteiger partial charge is 0.309 e. The van der Waals surface area contributed by atoms with Gasteiger partial charge in [0.05, 0.1) is 11.6 Å². The van der Waals surface area contributed by atoms with E-state index in [1.807, 2.05) is 18.4 Å². The van der Waals surface area contributed by atoms with Gasteiger partial charge in [0.25, 0.3) is 0 Å². The second-order valence-corrected chi connectivity index (χ2v) is 5.36. The summed E-state index contributed by atoms with van der Waals surface area (Å²) in [5, 5.41) is 4.87. The van der Waals surface area contributed by atoms with E-state index < -0.39 is 17.8 Å². The molecule has 1 unspecified atom stereocenters. The van der Waals surface area contributed by atoms with Gasteiger partial charge in [0.1, 0.15) is 0 Å². The first-order valence-corrected chi connectivity index (χ1v) is 6.70. The SMILES string of the molecule is CNC(c1ccccc1C(F)(F)F)c1ccsc1C. The third-order valence-corrected chi connectivity index (χ3v) is 3.94. The maximum atomic E-state index is 13.1. The standard InChI is InChI=1S/C14H14F3NS/c1-9-10(7-8-19-9)13(18-2)11-5-3-4-6-12(11)14(15,16)17/h3-8,13,18H,1-2H3. The highest BCUT2D eigenvalue weighted by Gasteiger charge is 2.35. The van der Waals surface area contributed by atoms with Crippen LogP contribution in [-0.4, -0.2) is 7.05 Å². The Morgan fingerprint density at radius 2 is 1.79 bits per heavy atom. The van der Waals surface area contributed by atoms with Crippen molar-refractivity contribution >= 4 is 11.3 Å². The molecule has 5 heteroatoms. The van der Waals surface area contributed by atoms with Gasteiger partial charge in [-0.25, -0.2) is 0 Å². The van der Waals surface area contributed by atoms with E-state index in [-0.39, 0.29) is 5.56 Å². The van der Waals surface area contributed by atoms with Crippen LogP contribution < -0.4 is 5.32 Å². The molecule has 2 rings (SSSR count). The largest absolute Gasteiger partial charge is 0.416 e. The predicted molar refractivity (Wildman–Crippen MR) is 71.4 cm³/mol. The molecule has 0 aliphatic heterocycles. The lowest BCUT2D eigenvalue weighted by Gasteiger charge is -2.21. The molecule has 1 atom stereocenters. The molecule has 0 saturated carbocycles. The fourth-order valence-electron chi connectivity index (χ4n) is 2.18. The topological polar surface area (TPSA) is 12.0 Å². The van der Waals surface area contributed by atoms with E-state index in [4.69, 9.17) is 0 Å². The first-order valence-electron chi connectivity index (χ1n) is 5.82. The number of benzene rings is 1. The minimum absolute atomic E-state index is 0.263. The van der Waals surface area contributed by atoms with Crippen molar-refractivity contribution in [2.45, 2.75) is 19.1 Å². The van der Waals surface area contributed by atoms with Gasteiger partial charge in [-0.05, 0) is 42.6 Å². The number of alkyl halides is 3. The monoisotopic (exact) mass is 285 g/mol. The van der Waals surface area contributed by atoms with Crippen molar-refractivity contribution in [3.63, 3.8) is 0 Å². The number of aryl methyl sites for hydroxylation is 1. The van der Waals surface area contributed by atoms with Crippen molar-refractivity contribution in [1.82, 2.24) is 5.32 Å². The van der Waals surface area contributed by atoms with E-state index in [2.05, 4.69) is 5.32 Å². The molecule has 0 radical (unpaired) electrons. The summed E-state index contributed by atoms with van der Waals surface area (Å²) in [4.78, 5) is 1.02. The maximum Gasteiger partial charge on any atom is 0.416 e. The van der Waals surface area contributed by atoms with Gasteiger partial charge in [-0.2, -0.15) is 13.2 Å². The highest BCUT2D eigenvalue weighted by molar-refractivity contribution is 7.10. The highest BCUT2D eigenvalue weighted by Crippen LogP contribution is 2.37. The molecule has 19 heavy (non-hydrogen) atoms. The minimum atomic E-state index is -4.34. The molecular weight excluding hydrogens is 271 g/mol. The summed E-state index contributed by atoms with van der Waals surface area (Å²) in [5.41, 5.74) is 0.572. The summed E-state index contributed by atoms with van der Waals surface area (Å²) in [5.74, 6) is 0. The van der Waals surface area contributed by atoms with E-state index in [9.17, 15) is 13.2 Å². The minimum Gasteiger partial charge on any atom is -0.309 e. The van der Waals surface area contributed by atoms with Crippen LogP contribution in [0.5, 0.6) is 0 Å². The molecule has 1 N–H and O–H groups in total. The number of rotatable bonds is 3. The third-order valence-electron chi connectivity index (χ3n) is 3.08. The van der Waals surface area contributed by atoms with Gasteiger partial charge in [0.2, 0.25) is 0 Å². The van der Waals surface area contributed by atoms with Crippen LogP contribution in [0.1, 0.15) is 27.6 Å². The van der Waals surface area contributed by atoms with Crippen LogP contribution in [0.25, 0.3) is 0 Å². The van der Waals surface area contributed by atoms with Crippen LogP contribution in [0.2, 0.25) is 0 Å². The number of hydrogen-bond donors (Lipinski definition) is 1. The molecule has 1 aromatic heterocycles. The molecule has 0 saturated heterocycles. The Labute approximate surface area is 114 Å². The average Bonchev–Trinajstić information content (AvgIpc) is 2.76. The summed E-state index contributed by atoms with van der Waals surface area (Å²) in [7, 11) is 1.68. The zero-order valence-corrected chi connectivity index (χ0v) is 11.4. The van der Waals surface area contributed by atoms with Gasteiger partial charge in [0, 0.05) is 4.88 Å². The van der Waals surface area contributed by atoms with E-state index in [0.29, 0.717) is 0 Å². The van der Waals surface area contributed by atoms with Crippen molar-refractivity contribution in [3.05, 3.63) is 57.3 Å². The number of nitrogens with one attached hydrogen (secondary N) is 1. The molecule has 1 aromatic carbocycles. The van der Waals surface area contributed by atoms with Crippen molar-refractivity contribution in [2.24, 2.45) is 0 Å². The van der Waals surface area contributed by atoms with E-state index in [0.717, 1.165) is 16.5 Å². The fraction of sp³-hybridized carbons (Fsp3) is 0.286. The van der Waals surface area contributed by atoms with Gasteiger partial charge in [-0.1, -0.05) is 18.2 Å². The molecule has 1 nitrogen and oxygen atoms in total. The summed E-state index contributed by atoms with van der Waals surface area (Å²) < 4.78 is 39.2. The second-order valence-electron chi connectivity index (χ2n) is 4.24. The molecule has 102 valence electrons. The van der Waals surface area contributed by atoms with Crippen LogP contribution in [0, 0.1) is 6.92 Å². The molecule has 0 amide bonds. The summed E-state index contributed by atoms with van der Waals surface area (Å²) in [6, 6.07) is 7.14. The first-order chi connectivity index (χ1) is 8.95. The van der Waals surface area contributed by atoms with E-state index >= 15 is 0 Å². The number of hydrogen-bond acceptors (Lipinski definition) is 2. The zero-order chi connectivity index (χ0) is 14.0. The van der Waals surface area contributed by atoms with Crippen molar-refractivity contribution in [1.29, 1.82) is 0 Å². The third kappa shape index (κ3) is 2.82.